The standard InChI is InChI=1S/C10H9N7O2S/c11-5-7(10-14-16-17-15-10)6-13-8-2-1-3-9(4-8)20(12,18)19/h1-4,6,13H,(H2,12,18,19)(H,14,15,16,17). The minimum atomic E-state index is -3.78. The normalized spacial score (nSPS) is 11.9. The molecule has 0 atom stereocenters. The van der Waals surface area contributed by atoms with Crippen molar-refractivity contribution in [3.05, 3.63) is 36.3 Å². The molecular formula is C10H9N7O2S. The average molecular weight is 291 g/mol. The minimum absolute atomic E-state index is 0.0334. The fraction of sp³-hybridized carbons (Fsp3) is 0. The van der Waals surface area contributed by atoms with E-state index >= 15 is 0 Å². The number of allylic oxidation sites excluding steroid dienone is 1. The van der Waals surface area contributed by atoms with Gasteiger partial charge < -0.3 is 5.32 Å². The first kappa shape index (κ1) is 13.7. The zero-order chi connectivity index (χ0) is 14.6. The van der Waals surface area contributed by atoms with Crippen LogP contribution < -0.4 is 10.5 Å². The van der Waals surface area contributed by atoms with Crippen molar-refractivity contribution in [3.8, 4) is 6.07 Å². The SMILES string of the molecule is N#CC(=CNc1cccc(S(N)(=O)=O)c1)c1nn[nH]n1. The molecule has 0 radical (unpaired) electrons. The Balaban J connectivity index is 2.25. The second-order valence-corrected chi connectivity index (χ2v) is 5.18. The van der Waals surface area contributed by atoms with Gasteiger partial charge in [-0.1, -0.05) is 6.07 Å². The first-order chi connectivity index (χ1) is 9.50. The number of hydrogen-bond donors (Lipinski definition) is 3. The Morgan fingerprint density at radius 3 is 2.90 bits per heavy atom. The fourth-order valence-electron chi connectivity index (χ4n) is 1.34. The maximum absolute atomic E-state index is 11.2. The highest BCUT2D eigenvalue weighted by molar-refractivity contribution is 7.89. The molecule has 2 aromatic rings. The van der Waals surface area contributed by atoms with Crippen molar-refractivity contribution in [3.63, 3.8) is 0 Å². The van der Waals surface area contributed by atoms with Crippen LogP contribution in [-0.4, -0.2) is 29.0 Å². The van der Waals surface area contributed by atoms with E-state index < -0.39 is 10.0 Å². The van der Waals surface area contributed by atoms with E-state index in [-0.39, 0.29) is 16.3 Å². The van der Waals surface area contributed by atoms with E-state index in [1.54, 1.807) is 6.07 Å². The van der Waals surface area contributed by atoms with E-state index in [0.29, 0.717) is 5.69 Å². The van der Waals surface area contributed by atoms with Gasteiger partial charge in [-0.2, -0.15) is 10.5 Å². The number of nitriles is 1. The van der Waals surface area contributed by atoms with Crippen LogP contribution in [0.5, 0.6) is 0 Å². The smallest absolute Gasteiger partial charge is 0.238 e. The Labute approximate surface area is 114 Å². The van der Waals surface area contributed by atoms with Crippen LogP contribution in [0.15, 0.2) is 35.4 Å². The van der Waals surface area contributed by atoms with Crippen LogP contribution >= 0.6 is 0 Å². The zero-order valence-electron chi connectivity index (χ0n) is 9.98. The Hall–Kier alpha value is -2.77. The van der Waals surface area contributed by atoms with Crippen molar-refractivity contribution < 1.29 is 8.42 Å². The van der Waals surface area contributed by atoms with Crippen molar-refractivity contribution in [1.82, 2.24) is 20.6 Å². The van der Waals surface area contributed by atoms with Crippen LogP contribution in [0.4, 0.5) is 5.69 Å². The van der Waals surface area contributed by atoms with Crippen molar-refractivity contribution in [2.75, 3.05) is 5.32 Å². The van der Waals surface area contributed by atoms with Crippen LogP contribution in [0.25, 0.3) is 5.57 Å². The quantitative estimate of drug-likeness (QED) is 0.661. The molecule has 2 rings (SSSR count). The number of nitrogens with zero attached hydrogens (tertiary/aromatic N) is 4. The van der Waals surface area contributed by atoms with Gasteiger partial charge in [0.2, 0.25) is 15.8 Å². The van der Waals surface area contributed by atoms with Crippen molar-refractivity contribution in [1.29, 1.82) is 5.26 Å². The molecule has 1 heterocycles. The molecule has 0 spiro atoms. The molecular weight excluding hydrogens is 282 g/mol. The summed E-state index contributed by atoms with van der Waals surface area (Å²) < 4.78 is 22.4. The number of nitrogens with one attached hydrogen (secondary N) is 2. The van der Waals surface area contributed by atoms with Crippen LogP contribution in [0, 0.1) is 11.3 Å². The van der Waals surface area contributed by atoms with Gasteiger partial charge in [0.1, 0.15) is 11.6 Å². The van der Waals surface area contributed by atoms with E-state index in [1.807, 2.05) is 6.07 Å². The molecule has 0 bridgehead atoms. The lowest BCUT2D eigenvalue weighted by molar-refractivity contribution is 0.598. The van der Waals surface area contributed by atoms with E-state index in [9.17, 15) is 8.42 Å². The number of sulfonamides is 1. The summed E-state index contributed by atoms with van der Waals surface area (Å²) in [6, 6.07) is 7.75. The van der Waals surface area contributed by atoms with Gasteiger partial charge >= 0.3 is 0 Å². The van der Waals surface area contributed by atoms with Crippen LogP contribution in [0.3, 0.4) is 0 Å². The zero-order valence-corrected chi connectivity index (χ0v) is 10.8. The van der Waals surface area contributed by atoms with Crippen molar-refractivity contribution >= 4 is 21.3 Å². The first-order valence-corrected chi connectivity index (χ1v) is 6.79. The molecule has 0 saturated heterocycles. The van der Waals surface area contributed by atoms with Gasteiger partial charge in [-0.05, 0) is 23.4 Å². The van der Waals surface area contributed by atoms with Crippen LogP contribution in [0.1, 0.15) is 5.82 Å². The van der Waals surface area contributed by atoms with Gasteiger partial charge in [0.05, 0.1) is 4.90 Å². The minimum Gasteiger partial charge on any atom is -0.360 e. The molecule has 1 aromatic carbocycles. The van der Waals surface area contributed by atoms with E-state index in [4.69, 9.17) is 10.4 Å². The highest BCUT2D eigenvalue weighted by atomic mass is 32.2. The molecule has 0 saturated carbocycles. The lowest BCUT2D eigenvalue weighted by atomic mass is 10.3. The Morgan fingerprint density at radius 1 is 1.50 bits per heavy atom. The molecule has 10 heteroatoms. The molecule has 1 aromatic heterocycles. The van der Waals surface area contributed by atoms with E-state index in [0.717, 1.165) is 0 Å². The third kappa shape index (κ3) is 3.16. The Morgan fingerprint density at radius 2 is 2.30 bits per heavy atom. The molecule has 0 fully saturated rings. The summed E-state index contributed by atoms with van der Waals surface area (Å²) in [4.78, 5) is -0.0334. The number of primary sulfonamides is 1. The molecule has 0 aliphatic rings. The number of nitrogens with two attached hydrogens (primary N) is 1. The average Bonchev–Trinajstić information content (AvgIpc) is 2.93. The molecule has 4 N–H and O–H groups in total. The molecule has 102 valence electrons. The van der Waals surface area contributed by atoms with Crippen LogP contribution in [-0.2, 0) is 10.0 Å². The Bertz CT molecular complexity index is 774. The number of anilines is 1. The lowest BCUT2D eigenvalue weighted by Gasteiger charge is -2.03. The monoisotopic (exact) mass is 291 g/mol. The molecule has 9 nitrogen and oxygen atoms in total. The van der Waals surface area contributed by atoms with Gasteiger partial charge in [-0.25, -0.2) is 13.6 Å². The van der Waals surface area contributed by atoms with Gasteiger partial charge in [-0.3, -0.25) is 0 Å². The Kier molecular flexibility index (Phi) is 3.74. The number of H-pyrrole nitrogens is 1. The summed E-state index contributed by atoms with van der Waals surface area (Å²) in [6.07, 6.45) is 1.34. The lowest BCUT2D eigenvalue weighted by Crippen LogP contribution is -2.12. The molecule has 0 unspecified atom stereocenters. The summed E-state index contributed by atoms with van der Waals surface area (Å²) in [5.41, 5.74) is 0.590. The summed E-state index contributed by atoms with van der Waals surface area (Å²) in [5.74, 6) is 0.127. The summed E-state index contributed by atoms with van der Waals surface area (Å²) in [6.45, 7) is 0. The summed E-state index contributed by atoms with van der Waals surface area (Å²) in [5, 5.41) is 29.7. The second kappa shape index (κ2) is 5.47. The number of aromatic nitrogens is 4. The maximum atomic E-state index is 11.2. The second-order valence-electron chi connectivity index (χ2n) is 3.62. The highest BCUT2D eigenvalue weighted by Crippen LogP contribution is 2.15. The fourth-order valence-corrected chi connectivity index (χ4v) is 1.90. The number of tetrazole rings is 1. The predicted octanol–water partition coefficient (Wildman–Crippen LogP) is -0.176. The first-order valence-electron chi connectivity index (χ1n) is 5.24. The molecule has 0 aliphatic carbocycles. The maximum Gasteiger partial charge on any atom is 0.238 e. The van der Waals surface area contributed by atoms with Gasteiger partial charge in [0, 0.05) is 11.9 Å². The molecule has 0 amide bonds. The topological polar surface area (TPSA) is 150 Å². The summed E-state index contributed by atoms with van der Waals surface area (Å²) >= 11 is 0. The number of benzene rings is 1. The number of hydrogen-bond acceptors (Lipinski definition) is 7. The third-order valence-electron chi connectivity index (χ3n) is 2.25. The number of aromatic amines is 1. The third-order valence-corrected chi connectivity index (χ3v) is 3.16. The van der Waals surface area contributed by atoms with E-state index in [1.165, 1.54) is 24.4 Å². The largest absolute Gasteiger partial charge is 0.360 e. The van der Waals surface area contributed by atoms with E-state index in [2.05, 4.69) is 25.9 Å². The predicted molar refractivity (Wildman–Crippen MR) is 69.2 cm³/mol. The van der Waals surface area contributed by atoms with Gasteiger partial charge in [0.25, 0.3) is 0 Å². The molecule has 0 aliphatic heterocycles. The van der Waals surface area contributed by atoms with Crippen molar-refractivity contribution in [2.45, 2.75) is 4.90 Å². The molecule has 20 heavy (non-hydrogen) atoms. The van der Waals surface area contributed by atoms with Crippen LogP contribution in [0.2, 0.25) is 0 Å². The van der Waals surface area contributed by atoms with Gasteiger partial charge in [-0.15, -0.1) is 10.2 Å². The number of rotatable bonds is 4. The van der Waals surface area contributed by atoms with Gasteiger partial charge in [0.15, 0.2) is 0 Å². The highest BCUT2D eigenvalue weighted by Gasteiger charge is 2.08. The van der Waals surface area contributed by atoms with Crippen molar-refractivity contribution in [2.24, 2.45) is 5.14 Å². The summed E-state index contributed by atoms with van der Waals surface area (Å²) in [7, 11) is -3.78.